The fraction of sp³-hybridized carbons (Fsp3) is 0.882. The predicted molar refractivity (Wildman–Crippen MR) is 98.8 cm³/mol. The first-order valence-electron chi connectivity index (χ1n) is 9.32. The number of carbonyl (C=O) groups is 1. The van der Waals surface area contributed by atoms with Crippen LogP contribution >= 0.6 is 0 Å². The first-order valence-corrected chi connectivity index (χ1v) is 9.32. The van der Waals surface area contributed by atoms with Gasteiger partial charge < -0.3 is 20.7 Å². The number of ether oxygens (including phenoxy) is 1. The molecule has 0 saturated carbocycles. The van der Waals surface area contributed by atoms with E-state index in [1.165, 1.54) is 4.90 Å². The van der Waals surface area contributed by atoms with Crippen LogP contribution in [0.15, 0.2) is 4.99 Å². The molecule has 27 heavy (non-hydrogen) atoms. The summed E-state index contributed by atoms with van der Waals surface area (Å²) in [6.45, 7) is 6.41. The first kappa shape index (κ1) is 23.3. The molecule has 1 saturated heterocycles. The number of amides is 1. The molecule has 0 aromatic carbocycles. The van der Waals surface area contributed by atoms with E-state index in [0.717, 1.165) is 6.42 Å². The van der Waals surface area contributed by atoms with E-state index >= 15 is 0 Å². The normalized spacial score (nSPS) is 19.9. The van der Waals surface area contributed by atoms with Crippen LogP contribution in [-0.4, -0.2) is 75.0 Å². The second-order valence-corrected chi connectivity index (χ2v) is 7.12. The van der Waals surface area contributed by atoms with Crippen LogP contribution in [0.4, 0.5) is 18.0 Å². The number of rotatable bonds is 8. The van der Waals surface area contributed by atoms with Crippen molar-refractivity contribution in [2.24, 2.45) is 10.9 Å². The van der Waals surface area contributed by atoms with Gasteiger partial charge in [0.2, 0.25) is 0 Å². The number of alkyl carbamates (subject to hydrolysis) is 1. The van der Waals surface area contributed by atoms with Crippen molar-refractivity contribution >= 4 is 12.1 Å². The number of nitrogens with one attached hydrogen (secondary N) is 3. The summed E-state index contributed by atoms with van der Waals surface area (Å²) >= 11 is 0. The Labute approximate surface area is 159 Å². The maximum atomic E-state index is 12.5. The average Bonchev–Trinajstić information content (AvgIpc) is 2.95. The number of aliphatic imine (C=N–C) groups is 1. The third-order valence-corrected chi connectivity index (χ3v) is 4.11. The highest BCUT2D eigenvalue weighted by atomic mass is 19.4. The third-order valence-electron chi connectivity index (χ3n) is 4.11. The lowest BCUT2D eigenvalue weighted by Crippen LogP contribution is -2.50. The summed E-state index contributed by atoms with van der Waals surface area (Å²) in [4.78, 5) is 17.2. The fourth-order valence-corrected chi connectivity index (χ4v) is 3.06. The topological polar surface area (TPSA) is 78.0 Å². The minimum atomic E-state index is -4.18. The Balaban J connectivity index is 2.48. The second-order valence-electron chi connectivity index (χ2n) is 7.12. The molecule has 1 aliphatic heterocycles. The van der Waals surface area contributed by atoms with Crippen molar-refractivity contribution in [1.29, 1.82) is 0 Å². The van der Waals surface area contributed by atoms with Gasteiger partial charge in [0.15, 0.2) is 5.96 Å². The molecule has 2 atom stereocenters. The molecular formula is C17H32F3N5O2. The third kappa shape index (κ3) is 10.3. The van der Waals surface area contributed by atoms with Crippen molar-refractivity contribution in [1.82, 2.24) is 20.9 Å². The fourth-order valence-electron chi connectivity index (χ4n) is 3.06. The number of nitrogens with zero attached hydrogens (tertiary/aromatic N) is 2. The Bertz CT molecular complexity index is 486. The van der Waals surface area contributed by atoms with Gasteiger partial charge in [0, 0.05) is 38.8 Å². The summed E-state index contributed by atoms with van der Waals surface area (Å²) in [6.07, 6.45) is -3.28. The Morgan fingerprint density at radius 2 is 2.07 bits per heavy atom. The molecule has 1 heterocycles. The highest BCUT2D eigenvalue weighted by molar-refractivity contribution is 5.80. The summed E-state index contributed by atoms with van der Waals surface area (Å²) < 4.78 is 42.4. The highest BCUT2D eigenvalue weighted by Crippen LogP contribution is 2.19. The molecule has 0 radical (unpaired) electrons. The Morgan fingerprint density at radius 3 is 2.63 bits per heavy atom. The van der Waals surface area contributed by atoms with Crippen molar-refractivity contribution in [3.8, 4) is 0 Å². The zero-order valence-electron chi connectivity index (χ0n) is 16.5. The van der Waals surface area contributed by atoms with Crippen LogP contribution in [0.1, 0.15) is 33.6 Å². The molecule has 1 fully saturated rings. The summed E-state index contributed by atoms with van der Waals surface area (Å²) in [6, 6.07) is -0.243. The molecule has 0 aromatic heterocycles. The van der Waals surface area contributed by atoms with Crippen molar-refractivity contribution in [3.63, 3.8) is 0 Å². The lowest BCUT2D eigenvalue weighted by Gasteiger charge is -2.23. The molecule has 158 valence electrons. The van der Waals surface area contributed by atoms with Gasteiger partial charge in [0.25, 0.3) is 0 Å². The Hall–Kier alpha value is -1.71. The highest BCUT2D eigenvalue weighted by Gasteiger charge is 2.34. The van der Waals surface area contributed by atoms with Crippen LogP contribution in [0.5, 0.6) is 0 Å². The van der Waals surface area contributed by atoms with Crippen LogP contribution in [0, 0.1) is 5.92 Å². The van der Waals surface area contributed by atoms with Crippen molar-refractivity contribution in [2.75, 3.05) is 39.8 Å². The Kier molecular flexibility index (Phi) is 9.68. The quantitative estimate of drug-likeness (QED) is 0.433. The van der Waals surface area contributed by atoms with Gasteiger partial charge in [-0.3, -0.25) is 9.89 Å². The summed E-state index contributed by atoms with van der Waals surface area (Å²) in [5.41, 5.74) is 0. The number of carbonyl (C=O) groups excluding carboxylic acids is 1. The molecule has 10 heteroatoms. The van der Waals surface area contributed by atoms with Crippen molar-refractivity contribution in [3.05, 3.63) is 0 Å². The standard InChI is InChI=1S/C17H32F3N5O2/c1-5-27-16(26)24-14(8-12(2)3)9-22-15(21-4)23-13-6-7-25(10-13)11-17(18,19)20/h12-14H,5-11H2,1-4H3,(H,24,26)(H2,21,22,23). The van der Waals surface area contributed by atoms with Gasteiger partial charge in [-0.05, 0) is 25.7 Å². The number of hydrogen-bond acceptors (Lipinski definition) is 4. The molecule has 7 nitrogen and oxygen atoms in total. The van der Waals surface area contributed by atoms with E-state index in [4.69, 9.17) is 4.74 Å². The lowest BCUT2D eigenvalue weighted by molar-refractivity contribution is -0.143. The molecule has 3 N–H and O–H groups in total. The van der Waals surface area contributed by atoms with Gasteiger partial charge in [0.05, 0.1) is 13.2 Å². The molecule has 2 unspecified atom stereocenters. The molecule has 0 aromatic rings. The maximum absolute atomic E-state index is 12.5. The number of hydrogen-bond donors (Lipinski definition) is 3. The van der Waals surface area contributed by atoms with Gasteiger partial charge in [-0.25, -0.2) is 4.79 Å². The molecule has 0 aliphatic carbocycles. The maximum Gasteiger partial charge on any atom is 0.407 e. The summed E-state index contributed by atoms with van der Waals surface area (Å²) in [5.74, 6) is 0.882. The van der Waals surface area contributed by atoms with Crippen LogP contribution in [0.3, 0.4) is 0 Å². The van der Waals surface area contributed by atoms with Gasteiger partial charge in [0.1, 0.15) is 0 Å². The number of likely N-dealkylation sites (tertiary alicyclic amines) is 1. The van der Waals surface area contributed by atoms with E-state index in [9.17, 15) is 18.0 Å². The number of halogens is 3. The largest absolute Gasteiger partial charge is 0.450 e. The number of guanidine groups is 1. The lowest BCUT2D eigenvalue weighted by atomic mass is 10.0. The zero-order chi connectivity index (χ0) is 20.4. The smallest absolute Gasteiger partial charge is 0.407 e. The first-order chi connectivity index (χ1) is 12.6. The zero-order valence-corrected chi connectivity index (χ0v) is 16.5. The Morgan fingerprint density at radius 1 is 1.37 bits per heavy atom. The number of alkyl halides is 3. The average molecular weight is 395 g/mol. The molecule has 0 bridgehead atoms. The molecule has 1 amide bonds. The van der Waals surface area contributed by atoms with E-state index in [0.29, 0.717) is 44.5 Å². The molecular weight excluding hydrogens is 363 g/mol. The van der Waals surface area contributed by atoms with Crippen molar-refractivity contribution < 1.29 is 22.7 Å². The summed E-state index contributed by atoms with van der Waals surface area (Å²) in [7, 11) is 1.61. The van der Waals surface area contributed by atoms with Crippen LogP contribution in [-0.2, 0) is 4.74 Å². The van der Waals surface area contributed by atoms with E-state index in [1.54, 1.807) is 14.0 Å². The van der Waals surface area contributed by atoms with E-state index in [2.05, 4.69) is 34.8 Å². The second kappa shape index (κ2) is 11.2. The van der Waals surface area contributed by atoms with E-state index < -0.39 is 18.8 Å². The minimum Gasteiger partial charge on any atom is -0.450 e. The van der Waals surface area contributed by atoms with Crippen LogP contribution in [0.2, 0.25) is 0 Å². The van der Waals surface area contributed by atoms with E-state index in [-0.39, 0.29) is 12.1 Å². The molecule has 1 aliphatic rings. The van der Waals surface area contributed by atoms with Gasteiger partial charge in [-0.2, -0.15) is 13.2 Å². The SMILES string of the molecule is CCOC(=O)NC(CNC(=NC)NC1CCN(CC(F)(F)F)C1)CC(C)C. The van der Waals surface area contributed by atoms with E-state index in [1.807, 2.05) is 0 Å². The monoisotopic (exact) mass is 395 g/mol. The van der Waals surface area contributed by atoms with Crippen molar-refractivity contribution in [2.45, 2.75) is 51.9 Å². The minimum absolute atomic E-state index is 0.0971. The summed E-state index contributed by atoms with van der Waals surface area (Å²) in [5, 5.41) is 9.11. The molecule has 1 rings (SSSR count). The molecule has 0 spiro atoms. The van der Waals surface area contributed by atoms with Crippen LogP contribution in [0.25, 0.3) is 0 Å². The van der Waals surface area contributed by atoms with Crippen LogP contribution < -0.4 is 16.0 Å². The van der Waals surface area contributed by atoms with Gasteiger partial charge in [-0.15, -0.1) is 0 Å². The van der Waals surface area contributed by atoms with Gasteiger partial charge in [-0.1, -0.05) is 13.8 Å². The predicted octanol–water partition coefficient (Wildman–Crippen LogP) is 1.95. The van der Waals surface area contributed by atoms with Gasteiger partial charge >= 0.3 is 12.3 Å².